The zero-order chi connectivity index (χ0) is 16.3. The zero-order valence-corrected chi connectivity index (χ0v) is 11.6. The monoisotopic (exact) mass is 328 g/mol. The minimum atomic E-state index is -5.02. The van der Waals surface area contributed by atoms with Gasteiger partial charge in [-0.05, 0) is 6.07 Å². The van der Waals surface area contributed by atoms with Crippen molar-refractivity contribution in [3.05, 3.63) is 58.9 Å². The number of carbonyl (C=O) groups excluding carboxylic acids is 2. The Morgan fingerprint density at radius 2 is 1.77 bits per heavy atom. The van der Waals surface area contributed by atoms with Crippen molar-refractivity contribution < 1.29 is 22.8 Å². The summed E-state index contributed by atoms with van der Waals surface area (Å²) in [5.74, 6) is -2.62. The molecule has 0 spiro atoms. The van der Waals surface area contributed by atoms with Gasteiger partial charge in [0.15, 0.2) is 0 Å². The summed E-state index contributed by atoms with van der Waals surface area (Å²) in [6.45, 7) is 0. The molecule has 22 heavy (non-hydrogen) atoms. The Balaban J connectivity index is 2.24. The highest BCUT2D eigenvalue weighted by Gasteiger charge is 2.38. The molecule has 0 atom stereocenters. The highest BCUT2D eigenvalue weighted by atomic mass is 35.5. The molecule has 0 aliphatic carbocycles. The van der Waals surface area contributed by atoms with E-state index in [9.17, 15) is 22.8 Å². The molecule has 8 heteroatoms. The van der Waals surface area contributed by atoms with Crippen LogP contribution in [0.4, 0.5) is 18.9 Å². The molecular formula is C14H8ClF3N2O2. The number of rotatable bonds is 3. The van der Waals surface area contributed by atoms with Gasteiger partial charge in [-0.25, -0.2) is 4.98 Å². The minimum absolute atomic E-state index is 0.113. The second-order valence-corrected chi connectivity index (χ2v) is 4.61. The van der Waals surface area contributed by atoms with Gasteiger partial charge in [0.05, 0.1) is 16.9 Å². The summed E-state index contributed by atoms with van der Waals surface area (Å²) in [5.41, 5.74) is -0.0289. The molecule has 0 radical (unpaired) electrons. The van der Waals surface area contributed by atoms with E-state index in [4.69, 9.17) is 11.6 Å². The van der Waals surface area contributed by atoms with Crippen molar-refractivity contribution in [2.45, 2.75) is 6.18 Å². The van der Waals surface area contributed by atoms with Crippen LogP contribution in [-0.2, 0) is 4.79 Å². The maximum Gasteiger partial charge on any atom is 0.471 e. The lowest BCUT2D eigenvalue weighted by Gasteiger charge is -2.09. The molecule has 1 amide bonds. The van der Waals surface area contributed by atoms with Crippen LogP contribution in [0.1, 0.15) is 16.1 Å². The second kappa shape index (κ2) is 6.15. The number of aromatic nitrogens is 1. The van der Waals surface area contributed by atoms with Crippen LogP contribution in [-0.4, -0.2) is 22.9 Å². The number of halogens is 4. The third-order valence-electron chi connectivity index (χ3n) is 2.61. The maximum absolute atomic E-state index is 12.1. The van der Waals surface area contributed by atoms with Crippen molar-refractivity contribution in [1.82, 2.24) is 4.98 Å². The van der Waals surface area contributed by atoms with Crippen LogP contribution < -0.4 is 5.32 Å². The van der Waals surface area contributed by atoms with Crippen LogP contribution in [0, 0.1) is 0 Å². The Morgan fingerprint density at radius 1 is 1.14 bits per heavy atom. The van der Waals surface area contributed by atoms with Crippen LogP contribution in [0.5, 0.6) is 0 Å². The van der Waals surface area contributed by atoms with Crippen LogP contribution >= 0.6 is 11.6 Å². The molecule has 0 fully saturated rings. The molecule has 1 aromatic carbocycles. The van der Waals surface area contributed by atoms with Gasteiger partial charge in [-0.3, -0.25) is 9.59 Å². The summed E-state index contributed by atoms with van der Waals surface area (Å²) >= 11 is 5.86. The van der Waals surface area contributed by atoms with Gasteiger partial charge in [0.25, 0.3) is 0 Å². The van der Waals surface area contributed by atoms with Gasteiger partial charge in [0.1, 0.15) is 5.69 Å². The molecular weight excluding hydrogens is 321 g/mol. The Bertz CT molecular complexity index is 718. The van der Waals surface area contributed by atoms with E-state index in [1.54, 1.807) is 35.6 Å². The van der Waals surface area contributed by atoms with E-state index >= 15 is 0 Å². The molecule has 114 valence electrons. The molecule has 1 heterocycles. The Hall–Kier alpha value is -2.41. The van der Waals surface area contributed by atoms with Crippen molar-refractivity contribution >= 4 is 29.0 Å². The molecule has 1 N–H and O–H groups in total. The van der Waals surface area contributed by atoms with E-state index in [1.807, 2.05) is 0 Å². The average molecular weight is 329 g/mol. The fourth-order valence-corrected chi connectivity index (χ4v) is 1.85. The Morgan fingerprint density at radius 3 is 2.32 bits per heavy atom. The van der Waals surface area contributed by atoms with E-state index in [0.29, 0.717) is 5.56 Å². The number of benzene rings is 1. The van der Waals surface area contributed by atoms with Crippen LogP contribution in [0.25, 0.3) is 0 Å². The van der Waals surface area contributed by atoms with Gasteiger partial charge in [-0.15, -0.1) is 0 Å². The number of nitrogens with one attached hydrogen (secondary N) is 1. The molecule has 4 nitrogen and oxygen atoms in total. The van der Waals surface area contributed by atoms with Crippen molar-refractivity contribution in [3.63, 3.8) is 0 Å². The average Bonchev–Trinajstić information content (AvgIpc) is 2.46. The van der Waals surface area contributed by atoms with Gasteiger partial charge in [-0.2, -0.15) is 13.2 Å². The van der Waals surface area contributed by atoms with E-state index < -0.39 is 17.9 Å². The quantitative estimate of drug-likeness (QED) is 0.878. The largest absolute Gasteiger partial charge is 0.471 e. The van der Waals surface area contributed by atoms with Crippen LogP contribution in [0.2, 0.25) is 5.02 Å². The first-order chi connectivity index (χ1) is 10.3. The molecule has 0 aliphatic rings. The molecule has 2 rings (SSSR count). The first-order valence-electron chi connectivity index (χ1n) is 5.92. The summed E-state index contributed by atoms with van der Waals surface area (Å²) < 4.78 is 36.4. The maximum atomic E-state index is 12.1. The lowest BCUT2D eigenvalue weighted by Crippen LogP contribution is -2.30. The standard InChI is InChI=1S/C14H8ClF3N2O2/c15-10-6-9(20-13(22)14(16,17)18)7-19-11(10)12(21)8-4-2-1-3-5-8/h1-7H,(H,20,22). The summed E-state index contributed by atoms with van der Waals surface area (Å²) in [4.78, 5) is 26.7. The van der Waals surface area contributed by atoms with E-state index in [2.05, 4.69) is 4.98 Å². The third kappa shape index (κ3) is 3.62. The van der Waals surface area contributed by atoms with E-state index in [-0.39, 0.29) is 16.4 Å². The van der Waals surface area contributed by atoms with Crippen LogP contribution in [0.15, 0.2) is 42.6 Å². The molecule has 0 unspecified atom stereocenters. The lowest BCUT2D eigenvalue weighted by atomic mass is 10.1. The van der Waals surface area contributed by atoms with Gasteiger partial charge >= 0.3 is 12.1 Å². The highest BCUT2D eigenvalue weighted by molar-refractivity contribution is 6.34. The molecule has 0 aliphatic heterocycles. The number of carbonyl (C=O) groups is 2. The lowest BCUT2D eigenvalue weighted by molar-refractivity contribution is -0.167. The number of hydrogen-bond acceptors (Lipinski definition) is 3. The minimum Gasteiger partial charge on any atom is -0.317 e. The zero-order valence-electron chi connectivity index (χ0n) is 10.8. The van der Waals surface area contributed by atoms with Crippen molar-refractivity contribution in [1.29, 1.82) is 0 Å². The van der Waals surface area contributed by atoms with Gasteiger partial charge in [0.2, 0.25) is 5.78 Å². The SMILES string of the molecule is O=C(c1ccccc1)c1ncc(NC(=O)C(F)(F)F)cc1Cl. The molecule has 0 bridgehead atoms. The molecule has 0 saturated carbocycles. The number of pyridine rings is 1. The number of alkyl halides is 3. The third-order valence-corrected chi connectivity index (χ3v) is 2.90. The number of hydrogen-bond donors (Lipinski definition) is 1. The van der Waals surface area contributed by atoms with Gasteiger partial charge in [-0.1, -0.05) is 41.9 Å². The summed E-state index contributed by atoms with van der Waals surface area (Å²) in [6.07, 6.45) is -4.09. The van der Waals surface area contributed by atoms with Gasteiger partial charge < -0.3 is 5.32 Å². The predicted octanol–water partition coefficient (Wildman–Crippen LogP) is 3.47. The fraction of sp³-hybridized carbons (Fsp3) is 0.0714. The van der Waals surface area contributed by atoms with Crippen LogP contribution in [0.3, 0.4) is 0 Å². The molecule has 0 saturated heterocycles. The second-order valence-electron chi connectivity index (χ2n) is 4.20. The van der Waals surface area contributed by atoms with Crippen molar-refractivity contribution in [2.24, 2.45) is 0 Å². The number of ketones is 1. The first kappa shape index (κ1) is 16.0. The molecule has 1 aromatic heterocycles. The summed E-state index contributed by atoms with van der Waals surface area (Å²) in [6, 6.07) is 9.17. The smallest absolute Gasteiger partial charge is 0.317 e. The normalized spacial score (nSPS) is 11.1. The van der Waals surface area contributed by atoms with Gasteiger partial charge in [0, 0.05) is 5.56 Å². The Kier molecular flexibility index (Phi) is 4.46. The number of amides is 1. The van der Waals surface area contributed by atoms with E-state index in [1.165, 1.54) is 0 Å². The number of nitrogens with zero attached hydrogens (tertiary/aromatic N) is 1. The first-order valence-corrected chi connectivity index (χ1v) is 6.30. The topological polar surface area (TPSA) is 59.1 Å². The van der Waals surface area contributed by atoms with Crippen molar-refractivity contribution in [2.75, 3.05) is 5.32 Å². The molecule has 2 aromatic rings. The summed E-state index contributed by atoms with van der Waals surface area (Å²) in [5, 5.41) is 1.45. The fourth-order valence-electron chi connectivity index (χ4n) is 1.60. The van der Waals surface area contributed by atoms with E-state index in [0.717, 1.165) is 12.3 Å². The Labute approximate surface area is 127 Å². The summed E-state index contributed by atoms with van der Waals surface area (Å²) in [7, 11) is 0. The highest BCUT2D eigenvalue weighted by Crippen LogP contribution is 2.23. The number of anilines is 1. The van der Waals surface area contributed by atoms with Crippen molar-refractivity contribution in [3.8, 4) is 0 Å². The predicted molar refractivity (Wildman–Crippen MR) is 73.8 cm³/mol.